The Kier molecular flexibility index (Phi) is 12.1. The highest BCUT2D eigenvalue weighted by atomic mass is 35.5. The summed E-state index contributed by atoms with van der Waals surface area (Å²) in [6, 6.07) is 11.8. The number of rotatable bonds is 4. The summed E-state index contributed by atoms with van der Waals surface area (Å²) in [5.41, 5.74) is 0.830. The first-order valence-corrected chi connectivity index (χ1v) is 18.8. The van der Waals surface area contributed by atoms with Crippen LogP contribution in [0, 0.1) is 23.6 Å². The molecule has 0 bridgehead atoms. The average molecular weight is 732 g/mol. The normalized spacial score (nSPS) is 22.7. The molecule has 4 fully saturated rings. The lowest BCUT2D eigenvalue weighted by molar-refractivity contribution is -0.124. The van der Waals surface area contributed by atoms with Crippen LogP contribution >= 0.6 is 11.6 Å². The van der Waals surface area contributed by atoms with Crippen molar-refractivity contribution in [3.63, 3.8) is 0 Å². The Morgan fingerprint density at radius 2 is 1.83 bits per heavy atom. The second-order valence-corrected chi connectivity index (χ2v) is 14.2. The number of alkyl halides is 1. The smallest absolute Gasteiger partial charge is 0.318 e. The van der Waals surface area contributed by atoms with E-state index in [2.05, 4.69) is 43.6 Å². The molecule has 276 valence electrons. The molecule has 4 aliphatic heterocycles. The number of anilines is 1. The maximum Gasteiger partial charge on any atom is 0.318 e. The fourth-order valence-electron chi connectivity index (χ4n) is 7.80. The molecule has 1 amide bonds. The van der Waals surface area contributed by atoms with E-state index >= 15 is 4.39 Å². The molecule has 4 unspecified atom stereocenters. The SMILES string of the molecule is CC.COc1nc(N(C)C2CCN(C(=O)C#CC3CCN(C)C3)C2)c2cnc(-c3cccc4cccc(Cl)c34)c(F)c2n1.FC1CC2CCCN2C1. The van der Waals surface area contributed by atoms with Crippen LogP contribution in [-0.2, 0) is 4.79 Å². The summed E-state index contributed by atoms with van der Waals surface area (Å²) in [6.45, 7) is 8.84. The maximum atomic E-state index is 16.2. The molecule has 8 rings (SSSR count). The number of fused-ring (bicyclic) bond motifs is 3. The highest BCUT2D eigenvalue weighted by Gasteiger charge is 2.35. The van der Waals surface area contributed by atoms with Gasteiger partial charge in [-0.3, -0.25) is 14.7 Å². The van der Waals surface area contributed by atoms with E-state index in [1.165, 1.54) is 20.0 Å². The number of carbonyl (C=O) groups excluding carboxylic acids is 1. The molecule has 0 spiro atoms. The molecular weight excluding hydrogens is 684 g/mol. The van der Waals surface area contributed by atoms with Crippen molar-refractivity contribution in [2.45, 2.75) is 64.2 Å². The number of likely N-dealkylation sites (tertiary alicyclic amines) is 2. The Bertz CT molecular complexity index is 1950. The van der Waals surface area contributed by atoms with Crippen LogP contribution in [0.1, 0.15) is 46.0 Å². The summed E-state index contributed by atoms with van der Waals surface area (Å²) in [6.07, 6.45) is 6.13. The van der Waals surface area contributed by atoms with E-state index in [9.17, 15) is 9.18 Å². The topological polar surface area (TPSA) is 77.9 Å². The molecule has 0 saturated carbocycles. The number of aromatic nitrogens is 3. The second kappa shape index (κ2) is 16.7. The standard InChI is InChI=1S/C31H30ClFN6O2.C7H12FN.C2H6/c1-37-14-12-19(17-37)10-11-25(40)39-15-13-21(18-39)38(2)30-23-16-34-28(27(33)29(23)35-31(36-30)41-3)22-8-4-6-20-7-5-9-24(32)26(20)22;8-6-4-7-2-1-3-9(7)5-6;1-2/h4-9,16,19,21H,12-15,17-18H2,1-3H3;6-7H,1-5H2;1-2H3. The van der Waals surface area contributed by atoms with Gasteiger partial charge in [0.15, 0.2) is 5.82 Å². The second-order valence-electron chi connectivity index (χ2n) is 13.8. The van der Waals surface area contributed by atoms with Gasteiger partial charge in [0, 0.05) is 73.4 Å². The minimum Gasteiger partial charge on any atom is -0.467 e. The van der Waals surface area contributed by atoms with Gasteiger partial charge >= 0.3 is 6.01 Å². The molecule has 4 aliphatic rings. The van der Waals surface area contributed by atoms with Gasteiger partial charge in [-0.1, -0.05) is 61.7 Å². The Morgan fingerprint density at radius 3 is 2.56 bits per heavy atom. The van der Waals surface area contributed by atoms with Crippen molar-refractivity contribution in [1.82, 2.24) is 29.7 Å². The molecule has 6 heterocycles. The zero-order valence-corrected chi connectivity index (χ0v) is 31.5. The van der Waals surface area contributed by atoms with E-state index in [-0.39, 0.29) is 35.1 Å². The Labute approximate surface area is 310 Å². The molecule has 0 N–H and O–H groups in total. The van der Waals surface area contributed by atoms with Crippen molar-refractivity contribution in [2.75, 3.05) is 65.4 Å². The number of hydrogen-bond acceptors (Lipinski definition) is 8. The zero-order valence-electron chi connectivity index (χ0n) is 30.7. The number of carbonyl (C=O) groups is 1. The van der Waals surface area contributed by atoms with Gasteiger partial charge in [0.05, 0.1) is 12.5 Å². The lowest BCUT2D eigenvalue weighted by atomic mass is 10.0. The highest BCUT2D eigenvalue weighted by molar-refractivity contribution is 6.36. The first-order valence-electron chi connectivity index (χ1n) is 18.4. The van der Waals surface area contributed by atoms with E-state index in [0.717, 1.165) is 49.7 Å². The van der Waals surface area contributed by atoms with Crippen molar-refractivity contribution in [1.29, 1.82) is 0 Å². The van der Waals surface area contributed by atoms with E-state index in [0.29, 0.717) is 47.5 Å². The van der Waals surface area contributed by atoms with Gasteiger partial charge in [-0.15, -0.1) is 0 Å². The highest BCUT2D eigenvalue weighted by Crippen LogP contribution is 2.37. The van der Waals surface area contributed by atoms with Gasteiger partial charge in [0.1, 0.15) is 23.2 Å². The number of ether oxygens (including phenoxy) is 1. The Hall–Kier alpha value is -4.11. The van der Waals surface area contributed by atoms with Gasteiger partial charge in [0.25, 0.3) is 5.91 Å². The van der Waals surface area contributed by atoms with E-state index in [1.807, 2.05) is 50.1 Å². The van der Waals surface area contributed by atoms with Crippen LogP contribution in [0.2, 0.25) is 5.02 Å². The molecule has 4 aromatic rings. The van der Waals surface area contributed by atoms with Crippen LogP contribution in [0.3, 0.4) is 0 Å². The molecule has 4 atom stereocenters. The number of pyridine rings is 1. The van der Waals surface area contributed by atoms with Crippen molar-refractivity contribution >= 4 is 45.0 Å². The number of amides is 1. The zero-order chi connectivity index (χ0) is 36.9. The summed E-state index contributed by atoms with van der Waals surface area (Å²) in [5.74, 6) is 5.99. The number of nitrogens with zero attached hydrogens (tertiary/aromatic N) is 7. The third-order valence-corrected chi connectivity index (χ3v) is 10.8. The molecule has 4 saturated heterocycles. The number of halogens is 3. The number of methoxy groups -OCH3 is 1. The Morgan fingerprint density at radius 1 is 1.04 bits per heavy atom. The number of hydrogen-bond donors (Lipinski definition) is 0. The molecule has 52 heavy (non-hydrogen) atoms. The monoisotopic (exact) mass is 731 g/mol. The molecular formula is C40H48ClF2N7O2. The van der Waals surface area contributed by atoms with Crippen molar-refractivity contribution in [3.8, 4) is 29.1 Å². The summed E-state index contributed by atoms with van der Waals surface area (Å²) >= 11 is 6.52. The van der Waals surface area contributed by atoms with Crippen LogP contribution in [0.25, 0.3) is 32.9 Å². The number of benzene rings is 2. The third kappa shape index (κ3) is 7.94. The van der Waals surface area contributed by atoms with E-state index in [1.54, 1.807) is 23.2 Å². The van der Waals surface area contributed by atoms with E-state index < -0.39 is 12.0 Å². The number of likely N-dealkylation sites (N-methyl/N-ethyl adjacent to an activating group) is 1. The fraction of sp³-hybridized carbons (Fsp3) is 0.500. The first-order chi connectivity index (χ1) is 25.2. The van der Waals surface area contributed by atoms with Crippen LogP contribution < -0.4 is 9.64 Å². The van der Waals surface area contributed by atoms with Gasteiger partial charge in [-0.05, 0) is 69.6 Å². The molecule has 0 aliphatic carbocycles. The van der Waals surface area contributed by atoms with Gasteiger partial charge < -0.3 is 19.4 Å². The molecule has 9 nitrogen and oxygen atoms in total. The van der Waals surface area contributed by atoms with E-state index in [4.69, 9.17) is 16.3 Å². The maximum absolute atomic E-state index is 16.2. The lowest BCUT2D eigenvalue weighted by Gasteiger charge is -2.27. The van der Waals surface area contributed by atoms with Crippen LogP contribution in [0.5, 0.6) is 6.01 Å². The predicted octanol–water partition coefficient (Wildman–Crippen LogP) is 6.86. The van der Waals surface area contributed by atoms with Crippen molar-refractivity contribution in [2.24, 2.45) is 5.92 Å². The quantitative estimate of drug-likeness (QED) is 0.211. The summed E-state index contributed by atoms with van der Waals surface area (Å²) < 4.78 is 34.2. The predicted molar refractivity (Wildman–Crippen MR) is 204 cm³/mol. The first kappa shape index (κ1) is 37.6. The summed E-state index contributed by atoms with van der Waals surface area (Å²) in [7, 11) is 5.40. The average Bonchev–Trinajstić information content (AvgIpc) is 3.97. The fourth-order valence-corrected chi connectivity index (χ4v) is 8.08. The Balaban J connectivity index is 0.000000361. The van der Waals surface area contributed by atoms with Gasteiger partial charge in [-0.25, -0.2) is 8.78 Å². The minimum atomic E-state index is -0.582. The molecule has 12 heteroatoms. The molecule has 2 aromatic heterocycles. The van der Waals surface area contributed by atoms with Crippen LogP contribution in [-0.4, -0.2) is 114 Å². The van der Waals surface area contributed by atoms with Crippen molar-refractivity contribution < 1.29 is 18.3 Å². The lowest BCUT2D eigenvalue weighted by Crippen LogP contribution is -2.37. The molecule has 2 aromatic carbocycles. The minimum absolute atomic E-state index is 0.0409. The largest absolute Gasteiger partial charge is 0.467 e. The van der Waals surface area contributed by atoms with Gasteiger partial charge in [-0.2, -0.15) is 9.97 Å². The van der Waals surface area contributed by atoms with Crippen LogP contribution in [0.4, 0.5) is 14.6 Å². The summed E-state index contributed by atoms with van der Waals surface area (Å²) in [4.78, 5) is 34.5. The van der Waals surface area contributed by atoms with Gasteiger partial charge in [0.2, 0.25) is 0 Å². The molecule has 0 radical (unpaired) electrons. The third-order valence-electron chi connectivity index (χ3n) is 10.5. The summed E-state index contributed by atoms with van der Waals surface area (Å²) in [5, 5.41) is 2.58. The van der Waals surface area contributed by atoms with Crippen molar-refractivity contribution in [3.05, 3.63) is 53.4 Å². The van der Waals surface area contributed by atoms with Crippen LogP contribution in [0.15, 0.2) is 42.6 Å².